The highest BCUT2D eigenvalue weighted by atomic mass is 16.5. The lowest BCUT2D eigenvalue weighted by molar-refractivity contribution is -0.139. The van der Waals surface area contributed by atoms with Gasteiger partial charge in [0.1, 0.15) is 0 Å². The van der Waals surface area contributed by atoms with Gasteiger partial charge in [0.25, 0.3) is 0 Å². The van der Waals surface area contributed by atoms with Crippen molar-refractivity contribution in [3.05, 3.63) is 18.6 Å². The average Bonchev–Trinajstić information content (AvgIpc) is 2.00. The number of carbonyl (C=O) groups excluding carboxylic acids is 1. The van der Waals surface area contributed by atoms with E-state index in [1.807, 2.05) is 20.8 Å². The Hall–Kier alpha value is -0.790. The zero-order chi connectivity index (χ0) is 9.56. The quantitative estimate of drug-likeness (QED) is 0.477. The maximum atomic E-state index is 11.1. The maximum absolute atomic E-state index is 11.1. The van der Waals surface area contributed by atoms with Crippen LogP contribution in [-0.2, 0) is 9.53 Å². The standard InChI is InChI=1S/C10H17O2/c1-5-6-9(4)10(11)12-7-8(2)3/h6,8H,4-5,7H2,1-3H3. The fraction of sp³-hybridized carbons (Fsp3) is 0.600. The Morgan fingerprint density at radius 1 is 1.58 bits per heavy atom. The Morgan fingerprint density at radius 2 is 2.17 bits per heavy atom. The van der Waals surface area contributed by atoms with Crippen molar-refractivity contribution < 1.29 is 9.53 Å². The summed E-state index contributed by atoms with van der Waals surface area (Å²) >= 11 is 0. The van der Waals surface area contributed by atoms with E-state index >= 15 is 0 Å². The predicted octanol–water partition coefficient (Wildman–Crippen LogP) is 2.36. The van der Waals surface area contributed by atoms with E-state index in [1.54, 1.807) is 6.08 Å². The zero-order valence-corrected chi connectivity index (χ0v) is 8.09. The molecule has 0 bridgehead atoms. The molecule has 0 aromatic carbocycles. The normalized spacial score (nSPS) is 11.9. The first kappa shape index (κ1) is 11.2. The van der Waals surface area contributed by atoms with Gasteiger partial charge in [0.05, 0.1) is 6.61 Å². The molecule has 0 heterocycles. The van der Waals surface area contributed by atoms with Crippen LogP contribution in [0.3, 0.4) is 0 Å². The molecular weight excluding hydrogens is 152 g/mol. The van der Waals surface area contributed by atoms with E-state index in [4.69, 9.17) is 4.74 Å². The minimum absolute atomic E-state index is 0.300. The topological polar surface area (TPSA) is 26.3 Å². The molecule has 0 amide bonds. The molecule has 1 radical (unpaired) electrons. The molecule has 0 aliphatic heterocycles. The third-order valence-electron chi connectivity index (χ3n) is 1.26. The second-order valence-corrected chi connectivity index (χ2v) is 3.13. The van der Waals surface area contributed by atoms with Gasteiger partial charge in [0.2, 0.25) is 0 Å². The lowest BCUT2D eigenvalue weighted by atomic mass is 10.2. The number of carbonyl (C=O) groups is 1. The van der Waals surface area contributed by atoms with Crippen molar-refractivity contribution in [3.63, 3.8) is 0 Å². The first-order valence-corrected chi connectivity index (χ1v) is 4.27. The van der Waals surface area contributed by atoms with Crippen molar-refractivity contribution in [1.29, 1.82) is 0 Å². The molecule has 0 aliphatic carbocycles. The van der Waals surface area contributed by atoms with Gasteiger partial charge in [-0.05, 0) is 19.3 Å². The van der Waals surface area contributed by atoms with Crippen LogP contribution in [0.15, 0.2) is 11.6 Å². The number of allylic oxidation sites excluding steroid dienone is 1. The molecule has 0 saturated heterocycles. The highest BCUT2D eigenvalue weighted by Gasteiger charge is 2.05. The molecule has 0 rings (SSSR count). The van der Waals surface area contributed by atoms with Crippen LogP contribution in [0.5, 0.6) is 0 Å². The second-order valence-electron chi connectivity index (χ2n) is 3.13. The summed E-state index contributed by atoms with van der Waals surface area (Å²) in [4.78, 5) is 11.1. The minimum atomic E-state index is -0.300. The van der Waals surface area contributed by atoms with Crippen LogP contribution in [0.2, 0.25) is 0 Å². The lowest BCUT2D eigenvalue weighted by Gasteiger charge is -2.06. The van der Waals surface area contributed by atoms with Gasteiger partial charge in [-0.15, -0.1) is 0 Å². The van der Waals surface area contributed by atoms with E-state index in [1.165, 1.54) is 0 Å². The van der Waals surface area contributed by atoms with Gasteiger partial charge < -0.3 is 4.74 Å². The summed E-state index contributed by atoms with van der Waals surface area (Å²) in [5, 5.41) is 0. The summed E-state index contributed by atoms with van der Waals surface area (Å²) in [6.07, 6.45) is 2.58. The monoisotopic (exact) mass is 169 g/mol. The summed E-state index contributed by atoms with van der Waals surface area (Å²) in [5.41, 5.74) is 0.457. The van der Waals surface area contributed by atoms with Crippen molar-refractivity contribution in [1.82, 2.24) is 0 Å². The van der Waals surface area contributed by atoms with E-state index < -0.39 is 0 Å². The SMILES string of the molecule is [CH2]C(=CCC)C(=O)OCC(C)C. The molecule has 2 nitrogen and oxygen atoms in total. The Balaban J connectivity index is 3.80. The van der Waals surface area contributed by atoms with Crippen LogP contribution >= 0.6 is 0 Å². The molecule has 0 spiro atoms. The zero-order valence-electron chi connectivity index (χ0n) is 8.09. The third-order valence-corrected chi connectivity index (χ3v) is 1.26. The molecule has 0 N–H and O–H groups in total. The largest absolute Gasteiger partial charge is 0.462 e. The maximum Gasteiger partial charge on any atom is 0.333 e. The first-order chi connectivity index (χ1) is 5.57. The van der Waals surface area contributed by atoms with Crippen LogP contribution in [0, 0.1) is 12.8 Å². The van der Waals surface area contributed by atoms with Crippen LogP contribution < -0.4 is 0 Å². The predicted molar refractivity (Wildman–Crippen MR) is 49.5 cm³/mol. The number of rotatable bonds is 4. The minimum Gasteiger partial charge on any atom is -0.462 e. The van der Waals surface area contributed by atoms with Crippen molar-refractivity contribution >= 4 is 5.97 Å². The Kier molecular flexibility index (Phi) is 5.43. The van der Waals surface area contributed by atoms with E-state index in [9.17, 15) is 4.79 Å². The highest BCUT2D eigenvalue weighted by molar-refractivity contribution is 5.89. The van der Waals surface area contributed by atoms with Gasteiger partial charge in [-0.25, -0.2) is 4.79 Å². The molecule has 0 aliphatic rings. The molecule has 0 aromatic rings. The highest BCUT2D eigenvalue weighted by Crippen LogP contribution is 2.00. The molecule has 0 atom stereocenters. The average molecular weight is 169 g/mol. The molecule has 2 heteroatoms. The fourth-order valence-electron chi connectivity index (χ4n) is 0.665. The van der Waals surface area contributed by atoms with E-state index in [2.05, 4.69) is 6.92 Å². The van der Waals surface area contributed by atoms with Gasteiger partial charge in [-0.2, -0.15) is 0 Å². The van der Waals surface area contributed by atoms with E-state index in [0.29, 0.717) is 18.1 Å². The summed E-state index contributed by atoms with van der Waals surface area (Å²) in [6.45, 7) is 10.0. The summed E-state index contributed by atoms with van der Waals surface area (Å²) in [7, 11) is 0. The summed E-state index contributed by atoms with van der Waals surface area (Å²) in [6, 6.07) is 0. The summed E-state index contributed by atoms with van der Waals surface area (Å²) in [5.74, 6) is 0.0777. The fourth-order valence-corrected chi connectivity index (χ4v) is 0.665. The summed E-state index contributed by atoms with van der Waals surface area (Å²) < 4.78 is 4.95. The second kappa shape index (κ2) is 5.81. The lowest BCUT2D eigenvalue weighted by Crippen LogP contribution is -2.10. The number of hydrogen-bond acceptors (Lipinski definition) is 2. The molecule has 0 fully saturated rings. The molecule has 12 heavy (non-hydrogen) atoms. The molecule has 0 saturated carbocycles. The molecular formula is C10H17O2. The van der Waals surface area contributed by atoms with Crippen LogP contribution in [-0.4, -0.2) is 12.6 Å². The number of hydrogen-bond donors (Lipinski definition) is 0. The smallest absolute Gasteiger partial charge is 0.333 e. The Bertz CT molecular complexity index is 169. The van der Waals surface area contributed by atoms with Crippen LogP contribution in [0.25, 0.3) is 0 Å². The molecule has 69 valence electrons. The van der Waals surface area contributed by atoms with E-state index in [-0.39, 0.29) is 5.97 Å². The number of esters is 1. The van der Waals surface area contributed by atoms with Crippen molar-refractivity contribution in [3.8, 4) is 0 Å². The van der Waals surface area contributed by atoms with Gasteiger partial charge in [0.15, 0.2) is 0 Å². The Labute approximate surface area is 74.6 Å². The molecule has 0 unspecified atom stereocenters. The van der Waals surface area contributed by atoms with Crippen molar-refractivity contribution in [2.24, 2.45) is 5.92 Å². The van der Waals surface area contributed by atoms with E-state index in [0.717, 1.165) is 6.42 Å². The number of ether oxygens (including phenoxy) is 1. The Morgan fingerprint density at radius 3 is 2.58 bits per heavy atom. The molecule has 0 aromatic heterocycles. The van der Waals surface area contributed by atoms with Crippen LogP contribution in [0.1, 0.15) is 27.2 Å². The van der Waals surface area contributed by atoms with Crippen molar-refractivity contribution in [2.75, 3.05) is 6.61 Å². The van der Waals surface area contributed by atoms with Gasteiger partial charge in [-0.1, -0.05) is 26.8 Å². The third kappa shape index (κ3) is 4.94. The first-order valence-electron chi connectivity index (χ1n) is 4.27. The van der Waals surface area contributed by atoms with Crippen LogP contribution in [0.4, 0.5) is 0 Å². The van der Waals surface area contributed by atoms with Gasteiger partial charge in [0, 0.05) is 5.57 Å². The van der Waals surface area contributed by atoms with Crippen molar-refractivity contribution in [2.45, 2.75) is 27.2 Å². The van der Waals surface area contributed by atoms with Gasteiger partial charge >= 0.3 is 5.97 Å². The van der Waals surface area contributed by atoms with Gasteiger partial charge in [-0.3, -0.25) is 0 Å².